The summed E-state index contributed by atoms with van der Waals surface area (Å²) in [5.41, 5.74) is 0.886. The Bertz CT molecular complexity index is 774. The molecule has 0 aliphatic heterocycles. The first kappa shape index (κ1) is 17.9. The number of benzene rings is 2. The largest absolute Gasteiger partial charge is 0.492 e. The quantitative estimate of drug-likeness (QED) is 0.455. The normalized spacial score (nSPS) is 9.96. The topological polar surface area (TPSA) is 111 Å². The number of nitro groups is 1. The van der Waals surface area contributed by atoms with Crippen molar-refractivity contribution in [1.29, 1.82) is 0 Å². The molecular weight excluding hydrogens is 326 g/mol. The van der Waals surface area contributed by atoms with Crippen LogP contribution < -0.4 is 15.4 Å². The summed E-state index contributed by atoms with van der Waals surface area (Å²) in [7, 11) is 0. The zero-order valence-corrected chi connectivity index (χ0v) is 13.5. The zero-order chi connectivity index (χ0) is 18.2. The Hall–Kier alpha value is -3.42. The van der Waals surface area contributed by atoms with Crippen LogP contribution in [0.4, 0.5) is 11.4 Å². The van der Waals surface area contributed by atoms with Crippen LogP contribution >= 0.6 is 0 Å². The highest BCUT2D eigenvalue weighted by atomic mass is 16.6. The molecule has 0 heterocycles. The van der Waals surface area contributed by atoms with Crippen molar-refractivity contribution in [2.75, 3.05) is 18.5 Å². The highest BCUT2D eigenvalue weighted by molar-refractivity contribution is 5.94. The van der Waals surface area contributed by atoms with Gasteiger partial charge in [0.05, 0.1) is 11.5 Å². The highest BCUT2D eigenvalue weighted by Crippen LogP contribution is 2.17. The van der Waals surface area contributed by atoms with Crippen molar-refractivity contribution in [2.24, 2.45) is 0 Å². The predicted molar refractivity (Wildman–Crippen MR) is 91.7 cm³/mol. The molecule has 0 aromatic heterocycles. The number of ether oxygens (including phenoxy) is 1. The summed E-state index contributed by atoms with van der Waals surface area (Å²) in [4.78, 5) is 33.0. The summed E-state index contributed by atoms with van der Waals surface area (Å²) in [6.45, 7) is 1.92. The molecule has 0 spiro atoms. The van der Waals surface area contributed by atoms with E-state index in [1.807, 2.05) is 0 Å². The first-order valence-electron chi connectivity index (χ1n) is 7.49. The fourth-order valence-electron chi connectivity index (χ4n) is 2.04. The molecular formula is C17H17N3O5. The van der Waals surface area contributed by atoms with Gasteiger partial charge in [0.15, 0.2) is 0 Å². The van der Waals surface area contributed by atoms with Crippen LogP contribution in [-0.2, 0) is 4.79 Å². The molecule has 2 rings (SSSR count). The van der Waals surface area contributed by atoms with E-state index in [1.165, 1.54) is 31.2 Å². The van der Waals surface area contributed by atoms with Gasteiger partial charge in [0.1, 0.15) is 12.4 Å². The lowest BCUT2D eigenvalue weighted by molar-refractivity contribution is -0.384. The summed E-state index contributed by atoms with van der Waals surface area (Å²) >= 11 is 0. The van der Waals surface area contributed by atoms with E-state index in [0.717, 1.165) is 0 Å². The average molecular weight is 343 g/mol. The number of nitrogens with zero attached hydrogens (tertiary/aromatic N) is 1. The van der Waals surface area contributed by atoms with Gasteiger partial charge in [-0.05, 0) is 24.3 Å². The smallest absolute Gasteiger partial charge is 0.269 e. The molecule has 0 aliphatic carbocycles. The lowest BCUT2D eigenvalue weighted by atomic mass is 10.2. The molecule has 0 fully saturated rings. The van der Waals surface area contributed by atoms with E-state index < -0.39 is 4.92 Å². The lowest BCUT2D eigenvalue weighted by Crippen LogP contribution is -2.28. The fourth-order valence-corrected chi connectivity index (χ4v) is 2.04. The molecule has 0 unspecified atom stereocenters. The van der Waals surface area contributed by atoms with Crippen LogP contribution in [0.3, 0.4) is 0 Å². The minimum absolute atomic E-state index is 0.0704. The summed E-state index contributed by atoms with van der Waals surface area (Å²) in [5, 5.41) is 15.9. The van der Waals surface area contributed by atoms with Gasteiger partial charge in [-0.2, -0.15) is 0 Å². The summed E-state index contributed by atoms with van der Waals surface area (Å²) in [6, 6.07) is 12.2. The number of anilines is 1. The van der Waals surface area contributed by atoms with E-state index in [2.05, 4.69) is 10.6 Å². The van der Waals surface area contributed by atoms with E-state index in [0.29, 0.717) is 17.0 Å². The standard InChI is InChI=1S/C17H17N3O5/c1-12(21)19-14-3-2-4-16(11-14)25-10-9-18-17(22)13-5-7-15(8-6-13)20(23)24/h2-8,11H,9-10H2,1H3,(H,18,22)(H,19,21). The van der Waals surface area contributed by atoms with Crippen molar-refractivity contribution >= 4 is 23.2 Å². The fraction of sp³-hybridized carbons (Fsp3) is 0.176. The van der Waals surface area contributed by atoms with E-state index in [9.17, 15) is 19.7 Å². The molecule has 0 saturated heterocycles. The third-order valence-electron chi connectivity index (χ3n) is 3.15. The Balaban J connectivity index is 1.79. The summed E-state index contributed by atoms with van der Waals surface area (Å²) in [6.07, 6.45) is 0. The maximum Gasteiger partial charge on any atom is 0.269 e. The van der Waals surface area contributed by atoms with Gasteiger partial charge in [0.2, 0.25) is 5.91 Å². The van der Waals surface area contributed by atoms with Crippen LogP contribution in [0.25, 0.3) is 0 Å². The number of non-ortho nitro benzene ring substituents is 1. The van der Waals surface area contributed by atoms with Crippen LogP contribution in [0.1, 0.15) is 17.3 Å². The molecule has 0 radical (unpaired) electrons. The van der Waals surface area contributed by atoms with Gasteiger partial charge in [-0.1, -0.05) is 6.07 Å². The summed E-state index contributed by atoms with van der Waals surface area (Å²) < 4.78 is 5.51. The molecule has 2 aromatic rings. The number of carbonyl (C=O) groups is 2. The molecule has 130 valence electrons. The van der Waals surface area contributed by atoms with Gasteiger partial charge in [-0.25, -0.2) is 0 Å². The number of hydrogen-bond acceptors (Lipinski definition) is 5. The van der Waals surface area contributed by atoms with Crippen molar-refractivity contribution in [2.45, 2.75) is 6.92 Å². The number of rotatable bonds is 7. The Morgan fingerprint density at radius 1 is 1.16 bits per heavy atom. The van der Waals surface area contributed by atoms with Crippen LogP contribution in [-0.4, -0.2) is 29.9 Å². The molecule has 2 N–H and O–H groups in total. The first-order chi connectivity index (χ1) is 12.0. The Morgan fingerprint density at radius 2 is 1.88 bits per heavy atom. The predicted octanol–water partition coefficient (Wildman–Crippen LogP) is 2.36. The number of carbonyl (C=O) groups excluding carboxylic acids is 2. The van der Waals surface area contributed by atoms with Gasteiger partial charge in [-0.15, -0.1) is 0 Å². The first-order valence-corrected chi connectivity index (χ1v) is 7.49. The monoisotopic (exact) mass is 343 g/mol. The SMILES string of the molecule is CC(=O)Nc1cccc(OCCNC(=O)c2ccc([N+](=O)[O-])cc2)c1. The van der Waals surface area contributed by atoms with Crippen LogP contribution in [0.5, 0.6) is 5.75 Å². The Morgan fingerprint density at radius 3 is 2.52 bits per heavy atom. The van der Waals surface area contributed by atoms with Gasteiger partial charge < -0.3 is 15.4 Å². The third kappa shape index (κ3) is 5.61. The number of hydrogen-bond donors (Lipinski definition) is 2. The van der Waals surface area contributed by atoms with Gasteiger partial charge >= 0.3 is 0 Å². The molecule has 0 bridgehead atoms. The lowest BCUT2D eigenvalue weighted by Gasteiger charge is -2.09. The Kier molecular flexibility index (Phi) is 6.05. The molecule has 8 heteroatoms. The van der Waals surface area contributed by atoms with Crippen LogP contribution in [0.15, 0.2) is 48.5 Å². The minimum atomic E-state index is -0.523. The minimum Gasteiger partial charge on any atom is -0.492 e. The molecule has 0 saturated carbocycles. The van der Waals surface area contributed by atoms with E-state index in [4.69, 9.17) is 4.74 Å². The van der Waals surface area contributed by atoms with Crippen molar-refractivity contribution in [3.63, 3.8) is 0 Å². The second-order valence-corrected chi connectivity index (χ2v) is 5.12. The molecule has 25 heavy (non-hydrogen) atoms. The maximum absolute atomic E-state index is 11.9. The van der Waals surface area contributed by atoms with Crippen LogP contribution in [0.2, 0.25) is 0 Å². The number of nitrogens with one attached hydrogen (secondary N) is 2. The number of amides is 2. The van der Waals surface area contributed by atoms with E-state index in [-0.39, 0.29) is 30.7 Å². The number of nitro benzene ring substituents is 1. The van der Waals surface area contributed by atoms with Gasteiger partial charge in [-0.3, -0.25) is 19.7 Å². The zero-order valence-electron chi connectivity index (χ0n) is 13.5. The molecule has 0 atom stereocenters. The van der Waals surface area contributed by atoms with Crippen molar-refractivity contribution in [1.82, 2.24) is 5.32 Å². The van der Waals surface area contributed by atoms with Crippen molar-refractivity contribution in [3.05, 3.63) is 64.2 Å². The van der Waals surface area contributed by atoms with Crippen LogP contribution in [0, 0.1) is 10.1 Å². The maximum atomic E-state index is 11.9. The van der Waals surface area contributed by atoms with Gasteiger partial charge in [0, 0.05) is 36.4 Å². The Labute approximate surface area is 144 Å². The highest BCUT2D eigenvalue weighted by Gasteiger charge is 2.09. The molecule has 0 aliphatic rings. The van der Waals surface area contributed by atoms with E-state index >= 15 is 0 Å². The second kappa shape index (κ2) is 8.44. The molecule has 2 aromatic carbocycles. The summed E-state index contributed by atoms with van der Waals surface area (Å²) in [5.74, 6) is 0.0499. The van der Waals surface area contributed by atoms with Gasteiger partial charge in [0.25, 0.3) is 11.6 Å². The molecule has 8 nitrogen and oxygen atoms in total. The van der Waals surface area contributed by atoms with Crippen molar-refractivity contribution < 1.29 is 19.2 Å². The molecule has 2 amide bonds. The third-order valence-corrected chi connectivity index (χ3v) is 3.15. The second-order valence-electron chi connectivity index (χ2n) is 5.12. The van der Waals surface area contributed by atoms with Crippen molar-refractivity contribution in [3.8, 4) is 5.75 Å². The average Bonchev–Trinajstić information content (AvgIpc) is 2.58. The van der Waals surface area contributed by atoms with E-state index in [1.54, 1.807) is 24.3 Å².